The van der Waals surface area contributed by atoms with Crippen LogP contribution in [0.1, 0.15) is 18.4 Å². The van der Waals surface area contributed by atoms with Gasteiger partial charge in [-0.05, 0) is 30.5 Å². The molecule has 2 rings (SSSR count). The van der Waals surface area contributed by atoms with Crippen LogP contribution in [0.5, 0.6) is 0 Å². The summed E-state index contributed by atoms with van der Waals surface area (Å²) in [5.41, 5.74) is 0.522. The van der Waals surface area contributed by atoms with E-state index in [4.69, 9.17) is 5.11 Å². The van der Waals surface area contributed by atoms with Gasteiger partial charge in [0.15, 0.2) is 9.84 Å². The van der Waals surface area contributed by atoms with E-state index in [0.29, 0.717) is 18.4 Å². The van der Waals surface area contributed by atoms with Crippen LogP contribution >= 0.6 is 0 Å². The van der Waals surface area contributed by atoms with Crippen LogP contribution in [-0.4, -0.2) is 24.7 Å². The fourth-order valence-corrected chi connectivity index (χ4v) is 3.30. The SMILES string of the molecule is O=C(O)Cc1cccc(S(=O)(=O)C2CC2)c1. The van der Waals surface area contributed by atoms with E-state index >= 15 is 0 Å². The van der Waals surface area contributed by atoms with E-state index in [1.165, 1.54) is 12.1 Å². The van der Waals surface area contributed by atoms with E-state index < -0.39 is 15.8 Å². The zero-order valence-corrected chi connectivity index (χ0v) is 9.40. The van der Waals surface area contributed by atoms with Crippen molar-refractivity contribution in [3.63, 3.8) is 0 Å². The molecule has 0 amide bonds. The van der Waals surface area contributed by atoms with Gasteiger partial charge in [0, 0.05) is 0 Å². The second kappa shape index (κ2) is 3.90. The van der Waals surface area contributed by atoms with Crippen molar-refractivity contribution < 1.29 is 18.3 Å². The van der Waals surface area contributed by atoms with Crippen LogP contribution < -0.4 is 0 Å². The van der Waals surface area contributed by atoms with E-state index in [0.717, 1.165) is 0 Å². The molecule has 0 aromatic heterocycles. The summed E-state index contributed by atoms with van der Waals surface area (Å²) in [4.78, 5) is 10.8. The van der Waals surface area contributed by atoms with Crippen LogP contribution in [0.2, 0.25) is 0 Å². The molecule has 0 aliphatic heterocycles. The molecule has 0 radical (unpaired) electrons. The Morgan fingerprint density at radius 2 is 2.06 bits per heavy atom. The molecule has 0 unspecified atom stereocenters. The predicted octanol–water partition coefficient (Wildman–Crippen LogP) is 1.25. The van der Waals surface area contributed by atoms with Gasteiger partial charge in [-0.2, -0.15) is 0 Å². The van der Waals surface area contributed by atoms with Gasteiger partial charge < -0.3 is 5.11 Å². The highest BCUT2D eigenvalue weighted by Crippen LogP contribution is 2.33. The van der Waals surface area contributed by atoms with Crippen LogP contribution in [0.25, 0.3) is 0 Å². The lowest BCUT2D eigenvalue weighted by Gasteiger charge is -2.04. The minimum atomic E-state index is -3.22. The summed E-state index contributed by atoms with van der Waals surface area (Å²) < 4.78 is 23.8. The highest BCUT2D eigenvalue weighted by molar-refractivity contribution is 7.92. The number of carboxylic acid groups (broad SMARTS) is 1. The van der Waals surface area contributed by atoms with Crippen molar-refractivity contribution >= 4 is 15.8 Å². The van der Waals surface area contributed by atoms with Crippen molar-refractivity contribution in [2.75, 3.05) is 0 Å². The maximum Gasteiger partial charge on any atom is 0.307 e. The Morgan fingerprint density at radius 3 is 2.62 bits per heavy atom. The van der Waals surface area contributed by atoms with E-state index in [1.807, 2.05) is 0 Å². The highest BCUT2D eigenvalue weighted by Gasteiger charge is 2.36. The van der Waals surface area contributed by atoms with Gasteiger partial charge >= 0.3 is 5.97 Å². The van der Waals surface area contributed by atoms with Gasteiger partial charge in [0.1, 0.15) is 0 Å². The van der Waals surface area contributed by atoms with Crippen LogP contribution in [0.4, 0.5) is 0 Å². The standard InChI is InChI=1S/C11H12O4S/c12-11(13)7-8-2-1-3-10(6-8)16(14,15)9-4-5-9/h1-3,6,9H,4-5,7H2,(H,12,13). The van der Waals surface area contributed by atoms with Crippen LogP contribution in [0, 0.1) is 0 Å². The van der Waals surface area contributed by atoms with Gasteiger partial charge in [0.2, 0.25) is 0 Å². The third kappa shape index (κ3) is 2.24. The molecular formula is C11H12O4S. The van der Waals surface area contributed by atoms with Crippen molar-refractivity contribution in [1.29, 1.82) is 0 Å². The number of hydrogen-bond donors (Lipinski definition) is 1. The van der Waals surface area contributed by atoms with Gasteiger partial charge in [-0.1, -0.05) is 12.1 Å². The van der Waals surface area contributed by atoms with Crippen LogP contribution in [-0.2, 0) is 21.1 Å². The molecule has 0 heterocycles. The summed E-state index contributed by atoms with van der Waals surface area (Å²) in [5.74, 6) is -0.957. The fourth-order valence-electron chi connectivity index (χ4n) is 1.58. The molecule has 1 aromatic rings. The molecule has 1 saturated carbocycles. The first-order chi connectivity index (χ1) is 7.50. The molecule has 16 heavy (non-hydrogen) atoms. The maximum absolute atomic E-state index is 11.9. The zero-order chi connectivity index (χ0) is 11.8. The third-order valence-corrected chi connectivity index (χ3v) is 4.81. The zero-order valence-electron chi connectivity index (χ0n) is 8.59. The van der Waals surface area contributed by atoms with Crippen molar-refractivity contribution in [3.05, 3.63) is 29.8 Å². The molecule has 0 bridgehead atoms. The molecule has 0 spiro atoms. The number of aliphatic carboxylic acids is 1. The molecule has 0 saturated heterocycles. The molecule has 1 aliphatic rings. The largest absolute Gasteiger partial charge is 0.481 e. The second-order valence-corrected chi connectivity index (χ2v) is 6.19. The Hall–Kier alpha value is -1.36. The van der Waals surface area contributed by atoms with E-state index in [2.05, 4.69) is 0 Å². The molecule has 4 nitrogen and oxygen atoms in total. The number of carbonyl (C=O) groups is 1. The van der Waals surface area contributed by atoms with Crippen molar-refractivity contribution in [2.24, 2.45) is 0 Å². The minimum absolute atomic E-state index is 0.145. The van der Waals surface area contributed by atoms with Gasteiger partial charge in [0.05, 0.1) is 16.6 Å². The first kappa shape index (κ1) is 11.1. The second-order valence-electron chi connectivity index (χ2n) is 3.96. The molecule has 86 valence electrons. The summed E-state index contributed by atoms with van der Waals surface area (Å²) in [7, 11) is -3.22. The number of hydrogen-bond acceptors (Lipinski definition) is 3. The van der Waals surface area contributed by atoms with Crippen molar-refractivity contribution in [2.45, 2.75) is 29.4 Å². The number of rotatable bonds is 4. The molecule has 1 aromatic carbocycles. The smallest absolute Gasteiger partial charge is 0.307 e. The van der Waals surface area contributed by atoms with Crippen molar-refractivity contribution in [1.82, 2.24) is 0 Å². The van der Waals surface area contributed by atoms with E-state index in [1.54, 1.807) is 12.1 Å². The molecular weight excluding hydrogens is 228 g/mol. The number of benzene rings is 1. The lowest BCUT2D eigenvalue weighted by molar-refractivity contribution is -0.136. The molecule has 1 fully saturated rings. The molecule has 1 N–H and O–H groups in total. The fraction of sp³-hybridized carbons (Fsp3) is 0.364. The summed E-state index contributed by atoms with van der Waals surface area (Å²) in [5, 5.41) is 8.38. The van der Waals surface area contributed by atoms with Crippen LogP contribution in [0.3, 0.4) is 0 Å². The topological polar surface area (TPSA) is 71.4 Å². The Kier molecular flexibility index (Phi) is 2.71. The maximum atomic E-state index is 11.9. The summed E-state index contributed by atoms with van der Waals surface area (Å²) in [6.07, 6.45) is 1.28. The lowest BCUT2D eigenvalue weighted by Crippen LogP contribution is -2.08. The Labute approximate surface area is 93.8 Å². The van der Waals surface area contributed by atoms with Crippen LogP contribution in [0.15, 0.2) is 29.2 Å². The van der Waals surface area contributed by atoms with E-state index in [-0.39, 0.29) is 16.6 Å². The number of carboxylic acids is 1. The first-order valence-electron chi connectivity index (χ1n) is 5.05. The molecule has 5 heteroatoms. The Balaban J connectivity index is 2.32. The summed E-state index contributed by atoms with van der Waals surface area (Å²) in [6.45, 7) is 0. The predicted molar refractivity (Wildman–Crippen MR) is 58.0 cm³/mol. The normalized spacial score (nSPS) is 16.0. The first-order valence-corrected chi connectivity index (χ1v) is 6.59. The monoisotopic (exact) mass is 240 g/mol. The lowest BCUT2D eigenvalue weighted by atomic mass is 10.2. The Bertz CT molecular complexity index is 515. The quantitative estimate of drug-likeness (QED) is 0.859. The highest BCUT2D eigenvalue weighted by atomic mass is 32.2. The van der Waals surface area contributed by atoms with Gasteiger partial charge in [-0.3, -0.25) is 4.79 Å². The number of sulfone groups is 1. The molecule has 1 aliphatic carbocycles. The van der Waals surface area contributed by atoms with Gasteiger partial charge in [-0.15, -0.1) is 0 Å². The average molecular weight is 240 g/mol. The van der Waals surface area contributed by atoms with Crippen molar-refractivity contribution in [3.8, 4) is 0 Å². The van der Waals surface area contributed by atoms with Gasteiger partial charge in [0.25, 0.3) is 0 Å². The molecule has 0 atom stereocenters. The Morgan fingerprint density at radius 1 is 1.38 bits per heavy atom. The summed E-state index contributed by atoms with van der Waals surface area (Å²) >= 11 is 0. The van der Waals surface area contributed by atoms with Gasteiger partial charge in [-0.25, -0.2) is 8.42 Å². The van der Waals surface area contributed by atoms with E-state index in [9.17, 15) is 13.2 Å². The average Bonchev–Trinajstić information content (AvgIpc) is 3.00. The summed E-state index contributed by atoms with van der Waals surface area (Å²) in [6, 6.07) is 6.20. The third-order valence-electron chi connectivity index (χ3n) is 2.55. The minimum Gasteiger partial charge on any atom is -0.481 e.